The molecule has 0 saturated heterocycles. The van der Waals surface area contributed by atoms with Gasteiger partial charge in [-0.3, -0.25) is 9.59 Å². The molecular formula is C13H13NO6. The van der Waals surface area contributed by atoms with Crippen LogP contribution in [0.5, 0.6) is 0 Å². The Kier molecular flexibility index (Phi) is 4.44. The molecule has 0 atom stereocenters. The minimum atomic E-state index is -0.824. The summed E-state index contributed by atoms with van der Waals surface area (Å²) in [4.78, 5) is 40.0. The zero-order chi connectivity index (χ0) is 14.5. The van der Waals surface area contributed by atoms with Crippen LogP contribution in [0.4, 0.5) is 0 Å². The lowest BCUT2D eigenvalue weighted by Crippen LogP contribution is -2.34. The van der Waals surface area contributed by atoms with E-state index >= 15 is 0 Å². The third-order valence-electron chi connectivity index (χ3n) is 2.60. The van der Waals surface area contributed by atoms with Crippen molar-refractivity contribution in [2.24, 2.45) is 0 Å². The summed E-state index contributed by atoms with van der Waals surface area (Å²) in [6.45, 7) is 0.185. The van der Waals surface area contributed by atoms with Gasteiger partial charge in [0.1, 0.15) is 6.61 Å². The van der Waals surface area contributed by atoms with Crippen molar-refractivity contribution in [2.45, 2.75) is 0 Å². The molecule has 1 aromatic carbocycles. The monoisotopic (exact) mass is 279 g/mol. The molecule has 0 radical (unpaired) electrons. The first-order valence-corrected chi connectivity index (χ1v) is 5.90. The fourth-order valence-corrected chi connectivity index (χ4v) is 1.68. The fraction of sp³-hybridized carbons (Fsp3) is 0.308. The average Bonchev–Trinajstić information content (AvgIpc) is 2.69. The van der Waals surface area contributed by atoms with Gasteiger partial charge in [0.2, 0.25) is 0 Å². The van der Waals surface area contributed by atoms with Gasteiger partial charge in [-0.2, -0.15) is 0 Å². The largest absolute Gasteiger partial charge is 0.382 e. The zero-order valence-electron chi connectivity index (χ0n) is 10.8. The van der Waals surface area contributed by atoms with E-state index in [0.29, 0.717) is 11.7 Å². The Morgan fingerprint density at radius 1 is 1.10 bits per heavy atom. The first kappa shape index (κ1) is 14.2. The van der Waals surface area contributed by atoms with Crippen LogP contribution >= 0.6 is 0 Å². The molecule has 1 aliphatic rings. The number of carbonyl (C=O) groups is 3. The second-order valence-corrected chi connectivity index (χ2v) is 3.96. The van der Waals surface area contributed by atoms with Crippen molar-refractivity contribution in [2.75, 3.05) is 26.9 Å². The van der Waals surface area contributed by atoms with E-state index in [1.165, 1.54) is 19.2 Å². The van der Waals surface area contributed by atoms with E-state index < -0.39 is 17.8 Å². The highest BCUT2D eigenvalue weighted by Gasteiger charge is 2.38. The Labute approximate surface area is 115 Å². The van der Waals surface area contributed by atoms with E-state index in [-0.39, 0.29) is 24.3 Å². The summed E-state index contributed by atoms with van der Waals surface area (Å²) in [5.74, 6) is -2.14. The van der Waals surface area contributed by atoms with Crippen LogP contribution in [0.25, 0.3) is 0 Å². The third kappa shape index (κ3) is 2.84. The minimum absolute atomic E-state index is 0.214. The summed E-state index contributed by atoms with van der Waals surface area (Å²) >= 11 is 0. The highest BCUT2D eigenvalue weighted by molar-refractivity contribution is 6.20. The molecule has 106 valence electrons. The quantitative estimate of drug-likeness (QED) is 0.554. The van der Waals surface area contributed by atoms with Crippen LogP contribution in [0.1, 0.15) is 20.7 Å². The highest BCUT2D eigenvalue weighted by atomic mass is 16.7. The number of nitrogens with zero attached hydrogens (tertiary/aromatic N) is 1. The zero-order valence-corrected chi connectivity index (χ0v) is 10.8. The second kappa shape index (κ2) is 6.27. The number of methoxy groups -OCH3 is 1. The van der Waals surface area contributed by atoms with Gasteiger partial charge in [-0.15, -0.1) is 0 Å². The van der Waals surface area contributed by atoms with Gasteiger partial charge >= 0.3 is 5.97 Å². The molecule has 0 aromatic heterocycles. The van der Waals surface area contributed by atoms with Crippen molar-refractivity contribution in [3.63, 3.8) is 0 Å². The van der Waals surface area contributed by atoms with Crippen LogP contribution < -0.4 is 0 Å². The van der Waals surface area contributed by atoms with Crippen molar-refractivity contribution in [1.82, 2.24) is 5.06 Å². The molecule has 0 spiro atoms. The Morgan fingerprint density at radius 3 is 2.25 bits per heavy atom. The van der Waals surface area contributed by atoms with Gasteiger partial charge in [0.15, 0.2) is 0 Å². The number of hydrogen-bond donors (Lipinski definition) is 0. The van der Waals surface area contributed by atoms with Crippen LogP contribution in [-0.2, 0) is 19.1 Å². The first-order chi connectivity index (χ1) is 9.65. The average molecular weight is 279 g/mol. The Morgan fingerprint density at radius 2 is 1.70 bits per heavy atom. The maximum Gasteiger partial charge on any atom is 0.358 e. The smallest absolute Gasteiger partial charge is 0.358 e. The molecule has 0 unspecified atom stereocenters. The molecule has 0 bridgehead atoms. The number of imide groups is 1. The van der Waals surface area contributed by atoms with Gasteiger partial charge in [0, 0.05) is 7.11 Å². The lowest BCUT2D eigenvalue weighted by Gasteiger charge is -2.12. The van der Waals surface area contributed by atoms with Crippen LogP contribution in [0.2, 0.25) is 0 Å². The lowest BCUT2D eigenvalue weighted by molar-refractivity contribution is -0.174. The number of fused-ring (bicyclic) bond motifs is 1. The normalized spacial score (nSPS) is 13.6. The van der Waals surface area contributed by atoms with Gasteiger partial charge in [-0.1, -0.05) is 17.2 Å². The SMILES string of the molecule is COCCOCC(=O)ON1C(=O)c2ccccc2C1=O. The van der Waals surface area contributed by atoms with Crippen molar-refractivity contribution < 1.29 is 28.7 Å². The lowest BCUT2D eigenvalue weighted by atomic mass is 10.1. The molecule has 0 saturated carbocycles. The Balaban J connectivity index is 1.93. The minimum Gasteiger partial charge on any atom is -0.382 e. The van der Waals surface area contributed by atoms with Gasteiger partial charge in [-0.25, -0.2) is 4.79 Å². The molecule has 7 nitrogen and oxygen atoms in total. The number of benzene rings is 1. The molecule has 0 aliphatic carbocycles. The van der Waals surface area contributed by atoms with E-state index in [1.54, 1.807) is 12.1 Å². The van der Waals surface area contributed by atoms with Crippen LogP contribution in [0, 0.1) is 0 Å². The number of carbonyl (C=O) groups excluding carboxylic acids is 3. The Hall–Kier alpha value is -2.25. The van der Waals surface area contributed by atoms with E-state index in [1.807, 2.05) is 0 Å². The standard InChI is InChI=1S/C13H13NO6/c1-18-6-7-19-8-11(15)20-14-12(16)9-4-2-3-5-10(9)13(14)17/h2-5H,6-8H2,1H3. The molecule has 2 rings (SSSR count). The van der Waals surface area contributed by atoms with Crippen LogP contribution in [0.15, 0.2) is 24.3 Å². The molecule has 20 heavy (non-hydrogen) atoms. The summed E-state index contributed by atoms with van der Waals surface area (Å²) in [5, 5.41) is 0.451. The predicted molar refractivity (Wildman–Crippen MR) is 65.7 cm³/mol. The van der Waals surface area contributed by atoms with Crippen LogP contribution in [0.3, 0.4) is 0 Å². The van der Waals surface area contributed by atoms with Gasteiger partial charge in [-0.05, 0) is 12.1 Å². The van der Waals surface area contributed by atoms with Crippen molar-refractivity contribution >= 4 is 17.8 Å². The second-order valence-electron chi connectivity index (χ2n) is 3.96. The first-order valence-electron chi connectivity index (χ1n) is 5.90. The number of hydrogen-bond acceptors (Lipinski definition) is 6. The summed E-state index contributed by atoms with van der Waals surface area (Å²) in [6.07, 6.45) is 0. The van der Waals surface area contributed by atoms with Gasteiger partial charge < -0.3 is 14.3 Å². The van der Waals surface area contributed by atoms with Crippen molar-refractivity contribution in [1.29, 1.82) is 0 Å². The molecule has 0 N–H and O–H groups in total. The molecule has 1 aliphatic heterocycles. The fourth-order valence-electron chi connectivity index (χ4n) is 1.68. The maximum absolute atomic E-state index is 11.9. The number of hydroxylamine groups is 2. The summed E-state index contributed by atoms with van der Waals surface area (Å²) in [7, 11) is 1.50. The van der Waals surface area contributed by atoms with Crippen molar-refractivity contribution in [3.8, 4) is 0 Å². The predicted octanol–water partition coefficient (Wildman–Crippen LogP) is 0.404. The number of rotatable bonds is 6. The van der Waals surface area contributed by atoms with Crippen LogP contribution in [-0.4, -0.2) is 49.8 Å². The molecule has 2 amide bonds. The topological polar surface area (TPSA) is 82.1 Å². The van der Waals surface area contributed by atoms with E-state index in [9.17, 15) is 14.4 Å². The molecule has 1 aromatic rings. The summed E-state index contributed by atoms with van der Waals surface area (Å²) < 4.78 is 9.68. The molecular weight excluding hydrogens is 266 g/mol. The number of ether oxygens (including phenoxy) is 2. The van der Waals surface area contributed by atoms with Gasteiger partial charge in [0.25, 0.3) is 11.8 Å². The molecule has 0 fully saturated rings. The van der Waals surface area contributed by atoms with Gasteiger partial charge in [0.05, 0.1) is 24.3 Å². The summed E-state index contributed by atoms with van der Waals surface area (Å²) in [5.41, 5.74) is 0.427. The number of amides is 2. The van der Waals surface area contributed by atoms with Crippen molar-refractivity contribution in [3.05, 3.63) is 35.4 Å². The molecule has 1 heterocycles. The molecule has 7 heteroatoms. The Bertz CT molecular complexity index is 506. The van der Waals surface area contributed by atoms with E-state index in [0.717, 1.165) is 0 Å². The highest BCUT2D eigenvalue weighted by Crippen LogP contribution is 2.22. The maximum atomic E-state index is 11.9. The summed E-state index contributed by atoms with van der Waals surface area (Å²) in [6, 6.07) is 6.25. The third-order valence-corrected chi connectivity index (χ3v) is 2.60. The van der Waals surface area contributed by atoms with E-state index in [4.69, 9.17) is 14.3 Å². The van der Waals surface area contributed by atoms with E-state index in [2.05, 4.69) is 0 Å².